The second-order valence-electron chi connectivity index (χ2n) is 9.95. The SMILES string of the molecule is CC(C)(C)C1CCC([NH2+]CCC(=O)/C(=C/c2cccc([N+](=O)[O-])c2)c2ccccc2)CC1.[Cl-]. The molecule has 5 nitrogen and oxygen atoms in total. The van der Waals surface area contributed by atoms with Crippen LogP contribution in [-0.4, -0.2) is 23.3 Å². The maximum absolute atomic E-state index is 13.2. The van der Waals surface area contributed by atoms with E-state index < -0.39 is 4.92 Å². The van der Waals surface area contributed by atoms with Crippen molar-refractivity contribution < 1.29 is 27.4 Å². The van der Waals surface area contributed by atoms with Crippen molar-refractivity contribution in [3.05, 3.63) is 75.8 Å². The zero-order valence-corrected chi connectivity index (χ0v) is 20.6. The van der Waals surface area contributed by atoms with Crippen LogP contribution in [0.1, 0.15) is 64.0 Å². The van der Waals surface area contributed by atoms with Crippen molar-refractivity contribution in [2.75, 3.05) is 6.54 Å². The number of Topliss-reactive ketones (excluding diaryl/α,β-unsaturated/α-hetero) is 1. The number of benzene rings is 2. The van der Waals surface area contributed by atoms with Gasteiger partial charge in [0.2, 0.25) is 0 Å². The summed E-state index contributed by atoms with van der Waals surface area (Å²) in [7, 11) is 0. The van der Waals surface area contributed by atoms with Crippen LogP contribution in [0.15, 0.2) is 54.6 Å². The van der Waals surface area contributed by atoms with Gasteiger partial charge in [-0.15, -0.1) is 0 Å². The molecule has 0 atom stereocenters. The third-order valence-electron chi connectivity index (χ3n) is 6.65. The van der Waals surface area contributed by atoms with Crippen LogP contribution in [0.4, 0.5) is 5.69 Å². The summed E-state index contributed by atoms with van der Waals surface area (Å²) in [6.07, 6.45) is 7.19. The topological polar surface area (TPSA) is 76.8 Å². The van der Waals surface area contributed by atoms with Crippen molar-refractivity contribution in [1.82, 2.24) is 0 Å². The Kier molecular flexibility index (Phi) is 9.81. The van der Waals surface area contributed by atoms with Gasteiger partial charge in [0.25, 0.3) is 5.69 Å². The average molecular weight is 471 g/mol. The first-order chi connectivity index (χ1) is 15.2. The van der Waals surface area contributed by atoms with Crippen molar-refractivity contribution in [3.63, 3.8) is 0 Å². The number of allylic oxidation sites excluding steroid dienone is 1. The van der Waals surface area contributed by atoms with Gasteiger partial charge in [-0.3, -0.25) is 14.9 Å². The minimum atomic E-state index is -0.412. The molecule has 178 valence electrons. The van der Waals surface area contributed by atoms with Crippen molar-refractivity contribution in [3.8, 4) is 0 Å². The van der Waals surface area contributed by atoms with Crippen LogP contribution < -0.4 is 17.7 Å². The molecule has 0 aliphatic heterocycles. The van der Waals surface area contributed by atoms with Crippen LogP contribution in [-0.2, 0) is 4.79 Å². The summed E-state index contributed by atoms with van der Waals surface area (Å²) in [5, 5.41) is 13.5. The minimum Gasteiger partial charge on any atom is -1.00 e. The van der Waals surface area contributed by atoms with Gasteiger partial charge < -0.3 is 17.7 Å². The number of carbonyl (C=O) groups excluding carboxylic acids is 1. The van der Waals surface area contributed by atoms with Crippen LogP contribution in [0.5, 0.6) is 0 Å². The van der Waals surface area contributed by atoms with Crippen molar-refractivity contribution in [2.45, 2.75) is 58.9 Å². The van der Waals surface area contributed by atoms with E-state index in [-0.39, 0.29) is 23.9 Å². The number of ketones is 1. The molecule has 6 heteroatoms. The Morgan fingerprint density at radius 3 is 2.33 bits per heavy atom. The average Bonchev–Trinajstić information content (AvgIpc) is 2.78. The summed E-state index contributed by atoms with van der Waals surface area (Å²) in [6, 6.07) is 16.6. The molecule has 0 unspecified atom stereocenters. The van der Waals surface area contributed by atoms with E-state index in [1.165, 1.54) is 37.8 Å². The Hall–Kier alpha value is -2.50. The second kappa shape index (κ2) is 12.1. The van der Waals surface area contributed by atoms with Crippen LogP contribution in [0.25, 0.3) is 11.6 Å². The molecular weight excluding hydrogens is 436 g/mol. The van der Waals surface area contributed by atoms with E-state index in [1.54, 1.807) is 18.2 Å². The summed E-state index contributed by atoms with van der Waals surface area (Å²) in [5.41, 5.74) is 2.52. The number of hydrogen-bond acceptors (Lipinski definition) is 3. The van der Waals surface area contributed by atoms with E-state index in [0.717, 1.165) is 18.0 Å². The van der Waals surface area contributed by atoms with E-state index in [2.05, 4.69) is 26.1 Å². The number of nitro groups is 1. The van der Waals surface area contributed by atoms with E-state index >= 15 is 0 Å². The van der Waals surface area contributed by atoms with Gasteiger partial charge in [-0.25, -0.2) is 0 Å². The minimum absolute atomic E-state index is 0. The second-order valence-corrected chi connectivity index (χ2v) is 9.95. The molecule has 0 amide bonds. The Morgan fingerprint density at radius 1 is 1.06 bits per heavy atom. The lowest BCUT2D eigenvalue weighted by atomic mass is 9.71. The van der Waals surface area contributed by atoms with E-state index in [4.69, 9.17) is 0 Å². The summed E-state index contributed by atoms with van der Waals surface area (Å²) < 4.78 is 0. The molecule has 33 heavy (non-hydrogen) atoms. The summed E-state index contributed by atoms with van der Waals surface area (Å²) >= 11 is 0. The van der Waals surface area contributed by atoms with Gasteiger partial charge in [0.1, 0.15) is 0 Å². The maximum Gasteiger partial charge on any atom is 0.270 e. The van der Waals surface area contributed by atoms with Gasteiger partial charge >= 0.3 is 0 Å². The van der Waals surface area contributed by atoms with Crippen molar-refractivity contribution in [1.29, 1.82) is 0 Å². The molecular formula is C27H35ClN2O3. The molecule has 2 aromatic carbocycles. The third kappa shape index (κ3) is 7.79. The highest BCUT2D eigenvalue weighted by Gasteiger charge is 2.30. The molecule has 0 spiro atoms. The lowest BCUT2D eigenvalue weighted by molar-refractivity contribution is -0.691. The molecule has 1 aliphatic rings. The van der Waals surface area contributed by atoms with Gasteiger partial charge in [-0.2, -0.15) is 0 Å². The first-order valence-corrected chi connectivity index (χ1v) is 11.6. The summed E-state index contributed by atoms with van der Waals surface area (Å²) in [4.78, 5) is 23.9. The number of nitrogens with zero attached hydrogens (tertiary/aromatic N) is 1. The van der Waals surface area contributed by atoms with Gasteiger partial charge in [-0.1, -0.05) is 63.2 Å². The predicted molar refractivity (Wildman–Crippen MR) is 129 cm³/mol. The monoisotopic (exact) mass is 470 g/mol. The molecule has 0 heterocycles. The Morgan fingerprint density at radius 2 is 1.73 bits per heavy atom. The quantitative estimate of drug-likeness (QED) is 0.278. The van der Waals surface area contributed by atoms with Crippen LogP contribution in [0.2, 0.25) is 0 Å². The largest absolute Gasteiger partial charge is 1.00 e. The number of hydrogen-bond donors (Lipinski definition) is 1. The zero-order chi connectivity index (χ0) is 23.1. The summed E-state index contributed by atoms with van der Waals surface area (Å²) in [6.45, 7) is 7.76. The van der Waals surface area contributed by atoms with Gasteiger partial charge in [-0.05, 0) is 54.2 Å². The standard InChI is InChI=1S/C27H34N2O3.ClH/c1-27(2,3)22-12-14-23(15-13-22)28-17-16-26(30)25(21-9-5-4-6-10-21)19-20-8-7-11-24(18-20)29(31)32;/h4-11,18-19,22-23,28H,12-17H2,1-3H3;1H/b25-19+;. The van der Waals surface area contributed by atoms with E-state index in [0.29, 0.717) is 29.0 Å². The van der Waals surface area contributed by atoms with E-state index in [9.17, 15) is 14.9 Å². The third-order valence-corrected chi connectivity index (χ3v) is 6.65. The molecule has 0 bridgehead atoms. The normalized spacial score (nSPS) is 18.9. The highest BCUT2D eigenvalue weighted by Crippen LogP contribution is 2.37. The highest BCUT2D eigenvalue weighted by molar-refractivity contribution is 6.25. The molecule has 1 aliphatic carbocycles. The number of quaternary nitrogens is 1. The van der Waals surface area contributed by atoms with Crippen LogP contribution in [0.3, 0.4) is 0 Å². The van der Waals surface area contributed by atoms with Gasteiger partial charge in [0.05, 0.1) is 23.9 Å². The molecule has 0 radical (unpaired) electrons. The molecule has 2 N–H and O–H groups in total. The lowest BCUT2D eigenvalue weighted by Gasteiger charge is -2.36. The number of carbonyl (C=O) groups is 1. The number of non-ortho nitro benzene ring substituents is 1. The van der Waals surface area contributed by atoms with Crippen LogP contribution >= 0.6 is 0 Å². The highest BCUT2D eigenvalue weighted by atomic mass is 35.5. The fraction of sp³-hybridized carbons (Fsp3) is 0.444. The molecule has 3 rings (SSSR count). The number of halogens is 1. The summed E-state index contributed by atoms with van der Waals surface area (Å²) in [5.74, 6) is 0.860. The molecule has 1 saturated carbocycles. The zero-order valence-electron chi connectivity index (χ0n) is 19.8. The Labute approximate surface area is 203 Å². The van der Waals surface area contributed by atoms with Gasteiger partial charge in [0.15, 0.2) is 5.78 Å². The Bertz CT molecular complexity index is 959. The fourth-order valence-corrected chi connectivity index (χ4v) is 4.64. The Balaban J connectivity index is 0.00000385. The van der Waals surface area contributed by atoms with Crippen molar-refractivity contribution >= 4 is 23.1 Å². The van der Waals surface area contributed by atoms with Crippen molar-refractivity contribution in [2.24, 2.45) is 11.3 Å². The maximum atomic E-state index is 13.2. The molecule has 1 fully saturated rings. The van der Waals surface area contributed by atoms with Crippen LogP contribution in [0, 0.1) is 21.4 Å². The smallest absolute Gasteiger partial charge is 0.270 e. The molecule has 0 aromatic heterocycles. The number of rotatable bonds is 8. The molecule has 2 aromatic rings. The lowest BCUT2D eigenvalue weighted by Crippen LogP contribution is -3.00. The fourth-order valence-electron chi connectivity index (χ4n) is 4.64. The first kappa shape index (κ1) is 26.7. The molecule has 0 saturated heterocycles. The number of nitro benzene ring substituents is 1. The van der Waals surface area contributed by atoms with E-state index in [1.807, 2.05) is 30.3 Å². The number of nitrogens with two attached hydrogens (primary N) is 1. The van der Waals surface area contributed by atoms with Gasteiger partial charge in [0, 0.05) is 17.7 Å². The predicted octanol–water partition coefficient (Wildman–Crippen LogP) is 2.27. The first-order valence-electron chi connectivity index (χ1n) is 11.6.